The highest BCUT2D eigenvalue weighted by Crippen LogP contribution is 2.54. The minimum absolute atomic E-state index is 0.0510. The molecule has 0 amide bonds. The van der Waals surface area contributed by atoms with Gasteiger partial charge in [0.1, 0.15) is 23.7 Å². The Balaban J connectivity index is 1.68. The van der Waals surface area contributed by atoms with E-state index in [0.717, 1.165) is 10.0 Å². The number of phenolic OH excluding ortho intramolecular Hbond substituents is 1. The summed E-state index contributed by atoms with van der Waals surface area (Å²) in [6.07, 6.45) is -3.81. The van der Waals surface area contributed by atoms with Crippen LogP contribution in [0.2, 0.25) is 0 Å². The normalized spacial score (nSPS) is 33.2. The lowest BCUT2D eigenvalue weighted by molar-refractivity contribution is -0.354. The fraction of sp³-hybridized carbons (Fsp3) is 0.688. The zero-order valence-electron chi connectivity index (χ0n) is 26.0. The fourth-order valence-electron chi connectivity index (χ4n) is 6.67. The maximum atomic E-state index is 13.2. The molecule has 1 spiro atoms. The molecule has 10 nitrogen and oxygen atoms in total. The maximum Gasteiger partial charge on any atom is 0.343 e. The number of allylic oxidation sites excluding steroid dienone is 1. The first kappa shape index (κ1) is 33.7. The van der Waals surface area contributed by atoms with Crippen molar-refractivity contribution in [1.29, 1.82) is 0 Å². The molecule has 1 unspecified atom stereocenters. The van der Waals surface area contributed by atoms with E-state index in [-0.39, 0.29) is 42.3 Å². The highest BCUT2D eigenvalue weighted by molar-refractivity contribution is 9.10. The van der Waals surface area contributed by atoms with Crippen LogP contribution in [0, 0.1) is 17.3 Å². The van der Waals surface area contributed by atoms with Gasteiger partial charge in [-0.25, -0.2) is 4.79 Å². The van der Waals surface area contributed by atoms with Gasteiger partial charge >= 0.3 is 11.9 Å². The van der Waals surface area contributed by atoms with Crippen LogP contribution in [0.1, 0.15) is 85.3 Å². The van der Waals surface area contributed by atoms with Crippen molar-refractivity contribution in [3.63, 3.8) is 0 Å². The van der Waals surface area contributed by atoms with Crippen molar-refractivity contribution in [1.82, 2.24) is 0 Å². The molecule has 43 heavy (non-hydrogen) atoms. The number of aliphatic hydroxyl groups is 2. The van der Waals surface area contributed by atoms with Gasteiger partial charge in [-0.3, -0.25) is 4.79 Å². The van der Waals surface area contributed by atoms with Gasteiger partial charge in [-0.05, 0) is 68.4 Å². The Hall–Kier alpha value is -2.18. The summed E-state index contributed by atoms with van der Waals surface area (Å²) in [5.41, 5.74) is 0.909. The summed E-state index contributed by atoms with van der Waals surface area (Å²) < 4.78 is 31.5. The minimum atomic E-state index is -1.75. The predicted octanol–water partition coefficient (Wildman–Crippen LogP) is 5.07. The fourth-order valence-corrected chi connectivity index (χ4v) is 7.17. The van der Waals surface area contributed by atoms with E-state index >= 15 is 0 Å². The SMILES string of the molecule is CO[C@@H](CC[C@H](C)[C@H]1O[C@]23C[C@H](OC(=O)C[C@H]([C@@H](C)O)OC(=O)C(O)C(=C(C)CC2(C)C)O3)[C@@H]1C)c1cc(O)ccc1Br. The molecule has 3 aliphatic rings. The van der Waals surface area contributed by atoms with Crippen LogP contribution in [-0.2, 0) is 33.3 Å². The zero-order valence-corrected chi connectivity index (χ0v) is 27.5. The number of ether oxygens (including phenoxy) is 5. The first-order chi connectivity index (χ1) is 20.1. The molecule has 2 fully saturated rings. The van der Waals surface area contributed by atoms with Gasteiger partial charge in [-0.2, -0.15) is 0 Å². The Kier molecular flexibility index (Phi) is 10.2. The number of halogens is 1. The smallest absolute Gasteiger partial charge is 0.343 e. The molecule has 0 radical (unpaired) electrons. The molecule has 0 aromatic heterocycles. The number of benzene rings is 1. The first-order valence-corrected chi connectivity index (χ1v) is 15.7. The van der Waals surface area contributed by atoms with Crippen LogP contribution in [0.4, 0.5) is 0 Å². The summed E-state index contributed by atoms with van der Waals surface area (Å²) in [5.74, 6) is -3.01. The van der Waals surface area contributed by atoms with Gasteiger partial charge in [0.25, 0.3) is 0 Å². The average molecular weight is 670 g/mol. The van der Waals surface area contributed by atoms with Gasteiger partial charge in [0.15, 0.2) is 0 Å². The molecule has 240 valence electrons. The lowest BCUT2D eigenvalue weighted by Crippen LogP contribution is -2.63. The summed E-state index contributed by atoms with van der Waals surface area (Å²) in [5, 5.41) is 31.4. The summed E-state index contributed by atoms with van der Waals surface area (Å²) in [4.78, 5) is 26.1. The molecule has 11 heteroatoms. The predicted molar refractivity (Wildman–Crippen MR) is 160 cm³/mol. The molecular formula is C32H45BrO10. The van der Waals surface area contributed by atoms with Crippen molar-refractivity contribution < 1.29 is 48.6 Å². The molecule has 3 heterocycles. The Labute approximate surface area is 261 Å². The third-order valence-electron chi connectivity index (χ3n) is 9.32. The number of hydrogen-bond donors (Lipinski definition) is 3. The number of hydrogen-bond acceptors (Lipinski definition) is 10. The average Bonchev–Trinajstić information content (AvgIpc) is 2.92. The van der Waals surface area contributed by atoms with Gasteiger partial charge in [-0.15, -0.1) is 0 Å². The quantitative estimate of drug-likeness (QED) is 0.337. The van der Waals surface area contributed by atoms with Crippen LogP contribution >= 0.6 is 15.9 Å². The Morgan fingerprint density at radius 2 is 1.86 bits per heavy atom. The van der Waals surface area contributed by atoms with E-state index < -0.39 is 53.7 Å². The van der Waals surface area contributed by atoms with Gasteiger partial charge < -0.3 is 39.0 Å². The van der Waals surface area contributed by atoms with E-state index in [1.807, 2.05) is 20.8 Å². The Morgan fingerprint density at radius 1 is 1.16 bits per heavy atom. The Bertz CT molecular complexity index is 1230. The highest BCUT2D eigenvalue weighted by Gasteiger charge is 2.60. The molecule has 3 N–H and O–H groups in total. The van der Waals surface area contributed by atoms with Gasteiger partial charge in [0, 0.05) is 22.9 Å². The van der Waals surface area contributed by atoms with Crippen LogP contribution in [0.15, 0.2) is 34.0 Å². The van der Waals surface area contributed by atoms with Crippen LogP contribution < -0.4 is 0 Å². The molecule has 1 aromatic rings. The van der Waals surface area contributed by atoms with Crippen molar-refractivity contribution >= 4 is 27.9 Å². The molecular weight excluding hydrogens is 624 g/mol. The maximum absolute atomic E-state index is 13.2. The second kappa shape index (κ2) is 13.0. The second-order valence-electron chi connectivity index (χ2n) is 13.0. The van der Waals surface area contributed by atoms with E-state index in [0.29, 0.717) is 24.8 Å². The Morgan fingerprint density at radius 3 is 2.51 bits per heavy atom. The monoisotopic (exact) mass is 668 g/mol. The molecule has 3 aliphatic heterocycles. The second-order valence-corrected chi connectivity index (χ2v) is 13.9. The summed E-state index contributed by atoms with van der Waals surface area (Å²) in [7, 11) is 1.63. The lowest BCUT2D eigenvalue weighted by Gasteiger charge is -2.57. The van der Waals surface area contributed by atoms with E-state index in [9.17, 15) is 24.9 Å². The first-order valence-electron chi connectivity index (χ1n) is 14.9. The van der Waals surface area contributed by atoms with Gasteiger partial charge in [0.2, 0.25) is 11.9 Å². The molecule has 9 atom stereocenters. The topological polar surface area (TPSA) is 141 Å². The molecule has 1 aromatic carbocycles. The van der Waals surface area contributed by atoms with Crippen molar-refractivity contribution in [3.8, 4) is 5.75 Å². The van der Waals surface area contributed by atoms with Crippen molar-refractivity contribution in [2.45, 2.75) is 116 Å². The minimum Gasteiger partial charge on any atom is -0.508 e. The van der Waals surface area contributed by atoms with Crippen LogP contribution in [0.5, 0.6) is 5.75 Å². The zero-order chi connectivity index (χ0) is 31.9. The number of methoxy groups -OCH3 is 1. The number of aromatic hydroxyl groups is 1. The van der Waals surface area contributed by atoms with Crippen molar-refractivity contribution in [2.75, 3.05) is 7.11 Å². The van der Waals surface area contributed by atoms with Crippen molar-refractivity contribution in [2.24, 2.45) is 17.3 Å². The van der Waals surface area contributed by atoms with Crippen LogP contribution in [0.3, 0.4) is 0 Å². The molecule has 3 bridgehead atoms. The number of phenols is 1. The van der Waals surface area contributed by atoms with E-state index in [1.54, 1.807) is 32.2 Å². The van der Waals surface area contributed by atoms with E-state index in [4.69, 9.17) is 23.7 Å². The third kappa shape index (κ3) is 6.91. The molecule has 4 rings (SSSR count). The number of carbonyl (C=O) groups excluding carboxylic acids is 2. The van der Waals surface area contributed by atoms with Crippen molar-refractivity contribution in [3.05, 3.63) is 39.6 Å². The summed E-state index contributed by atoms with van der Waals surface area (Å²) in [6, 6.07) is 5.07. The standard InChI is InChI=1S/C32H45BrO10/c1-16(8-11-23(39-7)21-12-20(35)9-10-22(21)33)28-18(3)25-15-32(42-28)31(5,6)14-17(2)29(43-32)27(37)30(38)41-24(19(4)34)13-26(36)40-25/h9-10,12,16,18-19,23-25,27-28,34-35,37H,8,11,13-15H2,1-7H3/t16-,18-,19+,23-,24+,25-,27?,28+,32-/m0/s1. The van der Waals surface area contributed by atoms with Crippen LogP contribution in [-0.4, -0.2) is 70.7 Å². The van der Waals surface area contributed by atoms with E-state index in [1.165, 1.54) is 6.92 Å². The van der Waals surface area contributed by atoms with Crippen LogP contribution in [0.25, 0.3) is 0 Å². The number of aliphatic hydroxyl groups excluding tert-OH is 2. The highest BCUT2D eigenvalue weighted by atomic mass is 79.9. The largest absolute Gasteiger partial charge is 0.508 e. The number of fused-ring (bicyclic) bond motifs is 2. The van der Waals surface area contributed by atoms with Gasteiger partial charge in [0.05, 0.1) is 31.2 Å². The molecule has 0 saturated carbocycles. The number of cyclic esters (lactones) is 1. The van der Waals surface area contributed by atoms with E-state index in [2.05, 4.69) is 22.9 Å². The summed E-state index contributed by atoms with van der Waals surface area (Å²) >= 11 is 3.56. The summed E-state index contributed by atoms with van der Waals surface area (Å²) in [6.45, 7) is 11.3. The number of esters is 2. The van der Waals surface area contributed by atoms with Gasteiger partial charge in [-0.1, -0.05) is 43.6 Å². The lowest BCUT2D eigenvalue weighted by atomic mass is 9.69. The molecule has 2 saturated heterocycles. The third-order valence-corrected chi connectivity index (χ3v) is 10.0. The molecule has 0 aliphatic carbocycles. The number of carbonyl (C=O) groups is 2. The number of rotatable bonds is 7.